The van der Waals surface area contributed by atoms with E-state index in [1.165, 1.54) is 6.08 Å². The SMILES string of the molecule is C#CCOc1ccccc1/C=C(\C#N)C(=O)Nc1ccc(C)c(C)c1. The van der Waals surface area contributed by atoms with Crippen LogP contribution in [0.3, 0.4) is 0 Å². The van der Waals surface area contributed by atoms with Crippen molar-refractivity contribution in [2.45, 2.75) is 13.8 Å². The molecule has 0 aliphatic rings. The molecule has 0 atom stereocenters. The molecular formula is C21H18N2O2. The zero-order valence-electron chi connectivity index (χ0n) is 14.2. The van der Waals surface area contributed by atoms with Crippen molar-refractivity contribution < 1.29 is 9.53 Å². The molecule has 4 heteroatoms. The molecule has 124 valence electrons. The molecule has 0 aliphatic heterocycles. The molecule has 0 bridgehead atoms. The maximum Gasteiger partial charge on any atom is 0.266 e. The van der Waals surface area contributed by atoms with E-state index < -0.39 is 5.91 Å². The van der Waals surface area contributed by atoms with Gasteiger partial charge in [0.1, 0.15) is 24.0 Å². The molecule has 0 radical (unpaired) electrons. The predicted molar refractivity (Wildman–Crippen MR) is 98.9 cm³/mol. The number of aryl methyl sites for hydroxylation is 2. The van der Waals surface area contributed by atoms with E-state index >= 15 is 0 Å². The summed E-state index contributed by atoms with van der Waals surface area (Å²) in [4.78, 5) is 12.4. The minimum absolute atomic E-state index is 0.0185. The van der Waals surface area contributed by atoms with Crippen molar-refractivity contribution in [3.63, 3.8) is 0 Å². The Labute approximate surface area is 147 Å². The van der Waals surface area contributed by atoms with E-state index in [1.807, 2.05) is 32.0 Å². The van der Waals surface area contributed by atoms with Gasteiger partial charge in [-0.2, -0.15) is 5.26 Å². The number of amides is 1. The first-order chi connectivity index (χ1) is 12.0. The third-order valence-corrected chi connectivity index (χ3v) is 3.66. The highest BCUT2D eigenvalue weighted by molar-refractivity contribution is 6.09. The Kier molecular flexibility index (Phi) is 5.98. The maximum absolute atomic E-state index is 12.4. The number of terminal acetylenes is 1. The Morgan fingerprint density at radius 3 is 2.68 bits per heavy atom. The molecule has 2 aromatic rings. The minimum atomic E-state index is -0.475. The zero-order valence-corrected chi connectivity index (χ0v) is 14.2. The lowest BCUT2D eigenvalue weighted by molar-refractivity contribution is -0.112. The summed E-state index contributed by atoms with van der Waals surface area (Å²) in [7, 11) is 0. The number of nitrogens with zero attached hydrogens (tertiary/aromatic N) is 1. The van der Waals surface area contributed by atoms with E-state index in [0.29, 0.717) is 17.0 Å². The Bertz CT molecular complexity index is 899. The first-order valence-corrected chi connectivity index (χ1v) is 7.71. The summed E-state index contributed by atoms with van der Waals surface area (Å²) in [5.74, 6) is 2.43. The largest absolute Gasteiger partial charge is 0.480 e. The number of ether oxygens (including phenoxy) is 1. The van der Waals surface area contributed by atoms with Crippen LogP contribution in [0.15, 0.2) is 48.0 Å². The van der Waals surface area contributed by atoms with Gasteiger partial charge in [0, 0.05) is 11.3 Å². The number of benzene rings is 2. The number of carbonyl (C=O) groups excluding carboxylic acids is 1. The van der Waals surface area contributed by atoms with Gasteiger partial charge in [-0.3, -0.25) is 4.79 Å². The summed E-state index contributed by atoms with van der Waals surface area (Å²) < 4.78 is 5.44. The van der Waals surface area contributed by atoms with E-state index in [2.05, 4.69) is 11.2 Å². The van der Waals surface area contributed by atoms with E-state index in [9.17, 15) is 10.1 Å². The average Bonchev–Trinajstić information content (AvgIpc) is 2.61. The molecule has 1 N–H and O–H groups in total. The van der Waals surface area contributed by atoms with Gasteiger partial charge >= 0.3 is 0 Å². The van der Waals surface area contributed by atoms with Crippen LogP contribution in [0.1, 0.15) is 16.7 Å². The number of hydrogen-bond acceptors (Lipinski definition) is 3. The highest BCUT2D eigenvalue weighted by atomic mass is 16.5. The molecular weight excluding hydrogens is 312 g/mol. The second-order valence-electron chi connectivity index (χ2n) is 5.45. The first-order valence-electron chi connectivity index (χ1n) is 7.71. The van der Waals surface area contributed by atoms with Gasteiger partial charge in [-0.25, -0.2) is 0 Å². The quantitative estimate of drug-likeness (QED) is 0.514. The van der Waals surface area contributed by atoms with Crippen molar-refractivity contribution in [2.24, 2.45) is 0 Å². The summed E-state index contributed by atoms with van der Waals surface area (Å²) in [6.45, 7) is 4.07. The van der Waals surface area contributed by atoms with Crippen LogP contribution >= 0.6 is 0 Å². The first kappa shape index (κ1) is 17.8. The van der Waals surface area contributed by atoms with Crippen molar-refractivity contribution in [1.82, 2.24) is 0 Å². The van der Waals surface area contributed by atoms with Crippen molar-refractivity contribution in [3.05, 3.63) is 64.7 Å². The molecule has 25 heavy (non-hydrogen) atoms. The van der Waals surface area contributed by atoms with Gasteiger partial charge in [-0.15, -0.1) is 6.42 Å². The normalized spacial score (nSPS) is 10.5. The van der Waals surface area contributed by atoms with E-state index in [-0.39, 0.29) is 12.2 Å². The molecule has 0 spiro atoms. The summed E-state index contributed by atoms with van der Waals surface area (Å²) in [6.07, 6.45) is 6.69. The van der Waals surface area contributed by atoms with E-state index in [1.54, 1.807) is 30.3 Å². The third kappa shape index (κ3) is 4.73. The van der Waals surface area contributed by atoms with Crippen molar-refractivity contribution in [1.29, 1.82) is 5.26 Å². The molecule has 0 saturated heterocycles. The van der Waals surface area contributed by atoms with Crippen molar-refractivity contribution in [2.75, 3.05) is 11.9 Å². The lowest BCUT2D eigenvalue weighted by atomic mass is 10.1. The van der Waals surface area contributed by atoms with Gasteiger partial charge in [-0.1, -0.05) is 30.2 Å². The van der Waals surface area contributed by atoms with E-state index in [4.69, 9.17) is 11.2 Å². The summed E-state index contributed by atoms with van der Waals surface area (Å²) >= 11 is 0. The fourth-order valence-electron chi connectivity index (χ4n) is 2.17. The number of rotatable bonds is 5. The minimum Gasteiger partial charge on any atom is -0.480 e. The molecule has 1 amide bonds. The van der Waals surface area contributed by atoms with Crippen LogP contribution in [0.2, 0.25) is 0 Å². The molecule has 2 aromatic carbocycles. The molecule has 2 rings (SSSR count). The van der Waals surface area contributed by atoms with Crippen LogP contribution in [0, 0.1) is 37.5 Å². The number of anilines is 1. The lowest BCUT2D eigenvalue weighted by Gasteiger charge is -2.08. The third-order valence-electron chi connectivity index (χ3n) is 3.66. The van der Waals surface area contributed by atoms with Crippen LogP contribution in [0.5, 0.6) is 5.75 Å². The van der Waals surface area contributed by atoms with Gasteiger partial charge in [-0.05, 0) is 49.2 Å². The maximum atomic E-state index is 12.4. The standard InChI is InChI=1S/C21H18N2O2/c1-4-11-25-20-8-6-5-7-17(20)13-18(14-22)21(24)23-19-10-9-15(2)16(3)12-19/h1,5-10,12-13H,11H2,2-3H3,(H,23,24)/b18-13+. The summed E-state index contributed by atoms with van der Waals surface area (Å²) in [5, 5.41) is 12.1. The highest BCUT2D eigenvalue weighted by Crippen LogP contribution is 2.22. The Hall–Kier alpha value is -3.50. The molecule has 0 saturated carbocycles. The molecule has 4 nitrogen and oxygen atoms in total. The lowest BCUT2D eigenvalue weighted by Crippen LogP contribution is -2.13. The van der Waals surface area contributed by atoms with Crippen molar-refractivity contribution in [3.8, 4) is 24.2 Å². The number of nitrogens with one attached hydrogen (secondary N) is 1. The van der Waals surface area contributed by atoms with Crippen molar-refractivity contribution >= 4 is 17.7 Å². The molecule has 0 heterocycles. The fourth-order valence-corrected chi connectivity index (χ4v) is 2.17. The van der Waals surface area contributed by atoms with Gasteiger partial charge in [0.15, 0.2) is 0 Å². The van der Waals surface area contributed by atoms with E-state index in [0.717, 1.165) is 11.1 Å². The number of para-hydroxylation sites is 1. The highest BCUT2D eigenvalue weighted by Gasteiger charge is 2.11. The predicted octanol–water partition coefficient (Wildman–Crippen LogP) is 3.86. The Morgan fingerprint density at radius 2 is 2.00 bits per heavy atom. The number of nitriles is 1. The fraction of sp³-hybridized carbons (Fsp3) is 0.143. The zero-order chi connectivity index (χ0) is 18.2. The van der Waals surface area contributed by atoms with Crippen LogP contribution in [0.4, 0.5) is 5.69 Å². The average molecular weight is 330 g/mol. The second-order valence-corrected chi connectivity index (χ2v) is 5.45. The Balaban J connectivity index is 2.25. The molecule has 0 unspecified atom stereocenters. The summed E-state index contributed by atoms with van der Waals surface area (Å²) in [5.41, 5.74) is 3.44. The Morgan fingerprint density at radius 1 is 1.24 bits per heavy atom. The van der Waals surface area contributed by atoms with Crippen LogP contribution in [0.25, 0.3) is 6.08 Å². The topological polar surface area (TPSA) is 62.1 Å². The van der Waals surface area contributed by atoms with Crippen LogP contribution < -0.4 is 10.1 Å². The molecule has 0 aromatic heterocycles. The number of hydrogen-bond donors (Lipinski definition) is 1. The van der Waals surface area contributed by atoms with Crippen LogP contribution in [-0.4, -0.2) is 12.5 Å². The van der Waals surface area contributed by atoms with Crippen LogP contribution in [-0.2, 0) is 4.79 Å². The molecule has 0 aliphatic carbocycles. The number of carbonyl (C=O) groups is 1. The second kappa shape index (κ2) is 8.38. The van der Waals surface area contributed by atoms with Gasteiger partial charge in [0.2, 0.25) is 0 Å². The smallest absolute Gasteiger partial charge is 0.266 e. The monoisotopic (exact) mass is 330 g/mol. The summed E-state index contributed by atoms with van der Waals surface area (Å²) in [6, 6.07) is 14.6. The van der Waals surface area contributed by atoms with Gasteiger partial charge in [0.05, 0.1) is 0 Å². The molecule has 0 fully saturated rings. The van der Waals surface area contributed by atoms with Gasteiger partial charge < -0.3 is 10.1 Å². The van der Waals surface area contributed by atoms with Gasteiger partial charge in [0.25, 0.3) is 5.91 Å².